The smallest absolute Gasteiger partial charge is 0.252 e. The van der Waals surface area contributed by atoms with Crippen molar-refractivity contribution in [1.82, 2.24) is 9.88 Å². The van der Waals surface area contributed by atoms with Crippen LogP contribution in [0.4, 0.5) is 4.39 Å². The Morgan fingerprint density at radius 2 is 1.96 bits per heavy atom. The van der Waals surface area contributed by atoms with Crippen LogP contribution < -0.4 is 10.9 Å². The summed E-state index contributed by atoms with van der Waals surface area (Å²) in [7, 11) is 1.55. The van der Waals surface area contributed by atoms with Gasteiger partial charge in [-0.15, -0.1) is 0 Å². The highest BCUT2D eigenvalue weighted by atomic mass is 19.1. The Balaban J connectivity index is 1.92. The second-order valence-corrected chi connectivity index (χ2v) is 5.07. The lowest BCUT2D eigenvalue weighted by Gasteiger charge is -2.09. The summed E-state index contributed by atoms with van der Waals surface area (Å²) in [6, 6.07) is 9.02. The van der Waals surface area contributed by atoms with Gasteiger partial charge in [0.2, 0.25) is 0 Å². The van der Waals surface area contributed by atoms with Crippen molar-refractivity contribution in [3.8, 4) is 0 Å². The van der Waals surface area contributed by atoms with E-state index < -0.39 is 0 Å². The van der Waals surface area contributed by atoms with Gasteiger partial charge in [0.1, 0.15) is 5.82 Å². The first kappa shape index (κ1) is 16.9. The molecule has 2 aromatic rings. The number of halogens is 1. The number of nitrogens with zero attached hydrogens (tertiary/aromatic N) is 1. The predicted octanol–water partition coefficient (Wildman–Crippen LogP) is 1.61. The predicted molar refractivity (Wildman–Crippen MR) is 85.0 cm³/mol. The fourth-order valence-corrected chi connectivity index (χ4v) is 2.10. The normalized spacial score (nSPS) is 10.5. The Morgan fingerprint density at radius 3 is 2.65 bits per heavy atom. The molecule has 0 atom stereocenters. The zero-order chi connectivity index (χ0) is 16.7. The highest BCUT2D eigenvalue weighted by molar-refractivity contribution is 5.93. The zero-order valence-electron chi connectivity index (χ0n) is 12.9. The maximum Gasteiger partial charge on any atom is 0.252 e. The van der Waals surface area contributed by atoms with Crippen molar-refractivity contribution in [2.45, 2.75) is 13.0 Å². The molecular formula is C17H19FN2O3. The van der Waals surface area contributed by atoms with Crippen LogP contribution in [0.25, 0.3) is 0 Å². The summed E-state index contributed by atoms with van der Waals surface area (Å²) in [6.07, 6.45) is 2.13. The van der Waals surface area contributed by atoms with E-state index in [9.17, 15) is 14.0 Å². The van der Waals surface area contributed by atoms with Crippen LogP contribution in [0.5, 0.6) is 0 Å². The molecule has 0 aliphatic heterocycles. The minimum absolute atomic E-state index is 0.176. The van der Waals surface area contributed by atoms with E-state index in [0.29, 0.717) is 31.7 Å². The van der Waals surface area contributed by atoms with Crippen molar-refractivity contribution in [2.24, 2.45) is 0 Å². The molecule has 0 unspecified atom stereocenters. The van der Waals surface area contributed by atoms with E-state index in [1.165, 1.54) is 35.0 Å². The summed E-state index contributed by atoms with van der Waals surface area (Å²) in [5.41, 5.74) is 1.18. The maximum atomic E-state index is 12.8. The Kier molecular flexibility index (Phi) is 6.05. The molecule has 0 aliphatic carbocycles. The van der Waals surface area contributed by atoms with Crippen LogP contribution in [-0.2, 0) is 17.7 Å². The monoisotopic (exact) mass is 318 g/mol. The molecule has 1 aromatic carbocycles. The zero-order valence-corrected chi connectivity index (χ0v) is 12.9. The summed E-state index contributed by atoms with van der Waals surface area (Å²) >= 11 is 0. The molecule has 0 bridgehead atoms. The van der Waals surface area contributed by atoms with Crippen LogP contribution >= 0.6 is 0 Å². The molecule has 0 fully saturated rings. The van der Waals surface area contributed by atoms with Crippen molar-refractivity contribution in [3.05, 3.63) is 69.9 Å². The number of ether oxygens (including phenoxy) is 1. The van der Waals surface area contributed by atoms with Gasteiger partial charge in [-0.05, 0) is 30.2 Å². The first-order valence-electron chi connectivity index (χ1n) is 7.32. The number of methoxy groups -OCH3 is 1. The third-order valence-electron chi connectivity index (χ3n) is 3.39. The lowest BCUT2D eigenvalue weighted by atomic mass is 10.1. The summed E-state index contributed by atoms with van der Waals surface area (Å²) in [5.74, 6) is -0.533. The van der Waals surface area contributed by atoms with Gasteiger partial charge >= 0.3 is 0 Å². The molecule has 1 amide bonds. The van der Waals surface area contributed by atoms with Gasteiger partial charge in [-0.1, -0.05) is 12.1 Å². The Labute approximate surface area is 133 Å². The van der Waals surface area contributed by atoms with E-state index in [0.717, 1.165) is 5.56 Å². The molecule has 1 heterocycles. The number of pyridine rings is 1. The van der Waals surface area contributed by atoms with Gasteiger partial charge in [-0.3, -0.25) is 9.59 Å². The van der Waals surface area contributed by atoms with Crippen LogP contribution in [0, 0.1) is 5.82 Å². The molecule has 2 rings (SSSR count). The van der Waals surface area contributed by atoms with Crippen LogP contribution in [0.15, 0.2) is 47.4 Å². The van der Waals surface area contributed by atoms with E-state index >= 15 is 0 Å². The van der Waals surface area contributed by atoms with Crippen LogP contribution in [0.2, 0.25) is 0 Å². The van der Waals surface area contributed by atoms with Gasteiger partial charge in [-0.25, -0.2) is 4.39 Å². The lowest BCUT2D eigenvalue weighted by Crippen LogP contribution is -2.28. The van der Waals surface area contributed by atoms with E-state index in [1.54, 1.807) is 19.2 Å². The van der Waals surface area contributed by atoms with Gasteiger partial charge in [0.15, 0.2) is 0 Å². The van der Waals surface area contributed by atoms with Crippen LogP contribution in [0.1, 0.15) is 15.9 Å². The first-order chi connectivity index (χ1) is 11.1. The number of carbonyl (C=O) groups is 1. The molecule has 6 heteroatoms. The third-order valence-corrected chi connectivity index (χ3v) is 3.39. The largest absolute Gasteiger partial charge is 0.383 e. The third kappa shape index (κ3) is 5.03. The molecular weight excluding hydrogens is 299 g/mol. The van der Waals surface area contributed by atoms with Gasteiger partial charge in [-0.2, -0.15) is 0 Å². The van der Waals surface area contributed by atoms with Crippen molar-refractivity contribution in [2.75, 3.05) is 20.3 Å². The molecule has 23 heavy (non-hydrogen) atoms. The minimum atomic E-state index is -0.281. The number of nitrogens with one attached hydrogen (secondary N) is 1. The molecule has 122 valence electrons. The molecule has 1 N–H and O–H groups in total. The van der Waals surface area contributed by atoms with Gasteiger partial charge in [0.25, 0.3) is 11.5 Å². The summed E-state index contributed by atoms with van der Waals surface area (Å²) in [5, 5.41) is 2.79. The summed E-state index contributed by atoms with van der Waals surface area (Å²) in [6.45, 7) is 1.23. The van der Waals surface area contributed by atoms with E-state index in [-0.39, 0.29) is 17.3 Å². The molecule has 0 radical (unpaired) electrons. The van der Waals surface area contributed by atoms with E-state index in [4.69, 9.17) is 4.74 Å². The Hall–Kier alpha value is -2.47. The minimum Gasteiger partial charge on any atom is -0.383 e. The molecule has 0 spiro atoms. The van der Waals surface area contributed by atoms with Crippen LogP contribution in [-0.4, -0.2) is 30.7 Å². The second kappa shape index (κ2) is 8.24. The van der Waals surface area contributed by atoms with Crippen molar-refractivity contribution >= 4 is 5.91 Å². The van der Waals surface area contributed by atoms with Gasteiger partial charge in [0, 0.05) is 32.5 Å². The molecule has 1 aromatic heterocycles. The van der Waals surface area contributed by atoms with Crippen LogP contribution in [0.3, 0.4) is 0 Å². The molecule has 0 saturated heterocycles. The quantitative estimate of drug-likeness (QED) is 0.844. The summed E-state index contributed by atoms with van der Waals surface area (Å²) < 4.78 is 19.2. The second-order valence-electron chi connectivity index (χ2n) is 5.07. The molecule has 5 nitrogen and oxygen atoms in total. The number of carbonyl (C=O) groups excluding carboxylic acids is 1. The number of benzene rings is 1. The average Bonchev–Trinajstić information content (AvgIpc) is 2.56. The van der Waals surface area contributed by atoms with E-state index in [1.807, 2.05) is 0 Å². The number of aromatic nitrogens is 1. The molecule has 0 aliphatic rings. The number of amides is 1. The van der Waals surface area contributed by atoms with Crippen molar-refractivity contribution in [1.29, 1.82) is 0 Å². The van der Waals surface area contributed by atoms with Crippen molar-refractivity contribution < 1.29 is 13.9 Å². The van der Waals surface area contributed by atoms with Crippen molar-refractivity contribution in [3.63, 3.8) is 0 Å². The van der Waals surface area contributed by atoms with Gasteiger partial charge < -0.3 is 14.6 Å². The molecule has 0 saturated carbocycles. The van der Waals surface area contributed by atoms with E-state index in [2.05, 4.69) is 5.32 Å². The maximum absolute atomic E-state index is 12.8. The Bertz CT molecular complexity index is 711. The fourth-order valence-electron chi connectivity index (χ4n) is 2.10. The first-order valence-corrected chi connectivity index (χ1v) is 7.32. The number of hydrogen-bond acceptors (Lipinski definition) is 3. The topological polar surface area (TPSA) is 60.3 Å². The average molecular weight is 318 g/mol. The lowest BCUT2D eigenvalue weighted by molar-refractivity contribution is 0.0953. The highest BCUT2D eigenvalue weighted by Crippen LogP contribution is 2.03. The standard InChI is InChI=1S/C17H19FN2O3/c1-23-11-10-20-12-14(4-7-16(20)21)17(22)19-9-8-13-2-5-15(18)6-3-13/h2-7,12H,8-11H2,1H3,(H,19,22). The fraction of sp³-hybridized carbons (Fsp3) is 0.294. The summed E-state index contributed by atoms with van der Waals surface area (Å²) in [4.78, 5) is 23.8. The highest BCUT2D eigenvalue weighted by Gasteiger charge is 2.07. The van der Waals surface area contributed by atoms with Gasteiger partial charge in [0.05, 0.1) is 12.2 Å². The number of rotatable bonds is 7. The SMILES string of the molecule is COCCn1cc(C(=O)NCCc2ccc(F)cc2)ccc1=O. The number of hydrogen-bond donors (Lipinski definition) is 1. The Morgan fingerprint density at radius 1 is 1.22 bits per heavy atom.